The van der Waals surface area contributed by atoms with E-state index < -0.39 is 23.9 Å². The molecule has 1 aromatic heterocycles. The molecule has 0 saturated carbocycles. The van der Waals surface area contributed by atoms with Crippen molar-refractivity contribution in [1.29, 1.82) is 0 Å². The summed E-state index contributed by atoms with van der Waals surface area (Å²) in [6, 6.07) is 2.51. The molecule has 0 aliphatic rings. The summed E-state index contributed by atoms with van der Waals surface area (Å²) in [4.78, 5) is 11.1. The summed E-state index contributed by atoms with van der Waals surface area (Å²) in [6.45, 7) is 3.67. The van der Waals surface area contributed by atoms with Crippen LogP contribution in [0, 0.1) is 0 Å². The van der Waals surface area contributed by atoms with Crippen LogP contribution in [-0.2, 0) is 4.74 Å². The average molecular weight is 235 g/mol. The van der Waals surface area contributed by atoms with E-state index in [2.05, 4.69) is 0 Å². The van der Waals surface area contributed by atoms with Gasteiger partial charge in [0.2, 0.25) is 0 Å². The zero-order chi connectivity index (χ0) is 12.3. The number of ether oxygens (including phenoxy) is 1. The fourth-order valence-electron chi connectivity index (χ4n) is 1.37. The Hall–Kier alpha value is -1.30. The van der Waals surface area contributed by atoms with Crippen molar-refractivity contribution in [1.82, 2.24) is 4.57 Å². The van der Waals surface area contributed by atoms with Gasteiger partial charge in [-0.25, -0.2) is 0 Å². The van der Waals surface area contributed by atoms with E-state index in [1.54, 1.807) is 13.8 Å². The van der Waals surface area contributed by atoms with E-state index in [0.717, 1.165) is 6.07 Å². The first-order valence-electron chi connectivity index (χ1n) is 4.78. The van der Waals surface area contributed by atoms with Crippen LogP contribution in [0.3, 0.4) is 0 Å². The first kappa shape index (κ1) is 12.8. The molecule has 6 heteroatoms. The van der Waals surface area contributed by atoms with E-state index in [-0.39, 0.29) is 0 Å². The fourth-order valence-corrected chi connectivity index (χ4v) is 1.37. The number of carbonyl (C=O) groups is 1. The van der Waals surface area contributed by atoms with Gasteiger partial charge >= 0.3 is 6.18 Å². The van der Waals surface area contributed by atoms with Crippen LogP contribution < -0.4 is 0 Å². The molecule has 0 amide bonds. The minimum atomic E-state index is -4.86. The lowest BCUT2D eigenvalue weighted by Crippen LogP contribution is -2.26. The molecule has 0 aromatic carbocycles. The number of nitrogens with zero attached hydrogens (tertiary/aromatic N) is 1. The zero-order valence-electron chi connectivity index (χ0n) is 8.91. The molecule has 90 valence electrons. The SMILES string of the molecule is CCOC(C)n1cccc1C(=O)C(F)(F)F. The van der Waals surface area contributed by atoms with E-state index in [0.29, 0.717) is 6.61 Å². The first-order chi connectivity index (χ1) is 7.38. The van der Waals surface area contributed by atoms with Gasteiger partial charge in [-0.1, -0.05) is 0 Å². The van der Waals surface area contributed by atoms with Crippen molar-refractivity contribution >= 4 is 5.78 Å². The van der Waals surface area contributed by atoms with E-state index in [4.69, 9.17) is 4.74 Å². The zero-order valence-corrected chi connectivity index (χ0v) is 8.91. The van der Waals surface area contributed by atoms with Crippen LogP contribution in [0.25, 0.3) is 0 Å². The van der Waals surface area contributed by atoms with Crippen LogP contribution >= 0.6 is 0 Å². The molecule has 16 heavy (non-hydrogen) atoms. The van der Waals surface area contributed by atoms with Gasteiger partial charge in [-0.3, -0.25) is 4.79 Å². The largest absolute Gasteiger partial charge is 0.456 e. The standard InChI is InChI=1S/C10H12F3NO2/c1-3-16-7(2)14-6-4-5-8(14)9(15)10(11,12)13/h4-7H,3H2,1-2H3. The fraction of sp³-hybridized carbons (Fsp3) is 0.500. The highest BCUT2D eigenvalue weighted by Gasteiger charge is 2.41. The molecular formula is C10H12F3NO2. The van der Waals surface area contributed by atoms with Gasteiger partial charge in [0, 0.05) is 12.8 Å². The molecule has 0 aliphatic heterocycles. The van der Waals surface area contributed by atoms with Crippen LogP contribution in [0.5, 0.6) is 0 Å². The van der Waals surface area contributed by atoms with Gasteiger partial charge in [0.1, 0.15) is 6.23 Å². The summed E-state index contributed by atoms with van der Waals surface area (Å²) < 4.78 is 43.0. The van der Waals surface area contributed by atoms with Crippen LogP contribution in [0.1, 0.15) is 30.6 Å². The van der Waals surface area contributed by atoms with Gasteiger partial charge in [0.05, 0.1) is 5.69 Å². The third-order valence-electron chi connectivity index (χ3n) is 2.07. The topological polar surface area (TPSA) is 31.2 Å². The summed E-state index contributed by atoms with van der Waals surface area (Å²) >= 11 is 0. The second-order valence-corrected chi connectivity index (χ2v) is 3.18. The maximum Gasteiger partial charge on any atom is 0.456 e. The highest BCUT2D eigenvalue weighted by Crippen LogP contribution is 2.23. The minimum Gasteiger partial charge on any atom is -0.359 e. The van der Waals surface area contributed by atoms with Gasteiger partial charge in [-0.05, 0) is 26.0 Å². The predicted octanol–water partition coefficient (Wildman–Crippen LogP) is 2.79. The predicted molar refractivity (Wildman–Crippen MR) is 51.2 cm³/mol. The number of Topliss-reactive ketones (excluding diaryl/α,β-unsaturated/α-hetero) is 1. The Balaban J connectivity index is 2.99. The smallest absolute Gasteiger partial charge is 0.359 e. The number of hydrogen-bond acceptors (Lipinski definition) is 2. The van der Waals surface area contributed by atoms with Crippen molar-refractivity contribution in [3.8, 4) is 0 Å². The monoisotopic (exact) mass is 235 g/mol. The number of carbonyl (C=O) groups excluding carboxylic acids is 1. The summed E-state index contributed by atoms with van der Waals surface area (Å²) in [5, 5.41) is 0. The number of rotatable bonds is 4. The molecule has 0 aliphatic carbocycles. The molecule has 0 fully saturated rings. The van der Waals surface area contributed by atoms with Gasteiger partial charge in [0.15, 0.2) is 0 Å². The van der Waals surface area contributed by atoms with E-state index in [9.17, 15) is 18.0 Å². The number of ketones is 1. The Morgan fingerprint density at radius 2 is 2.19 bits per heavy atom. The first-order valence-corrected chi connectivity index (χ1v) is 4.78. The molecule has 1 aromatic rings. The van der Waals surface area contributed by atoms with E-state index in [1.165, 1.54) is 16.8 Å². The minimum absolute atomic E-state index is 0.360. The Morgan fingerprint density at radius 1 is 1.56 bits per heavy atom. The lowest BCUT2D eigenvalue weighted by molar-refractivity contribution is -0.0896. The van der Waals surface area contributed by atoms with Crippen LogP contribution in [0.15, 0.2) is 18.3 Å². The normalized spacial score (nSPS) is 13.8. The molecule has 1 heterocycles. The molecular weight excluding hydrogens is 223 g/mol. The van der Waals surface area contributed by atoms with Crippen molar-refractivity contribution in [3.05, 3.63) is 24.0 Å². The third-order valence-corrected chi connectivity index (χ3v) is 2.07. The summed E-state index contributed by atoms with van der Waals surface area (Å²) in [5.41, 5.74) is -0.409. The van der Waals surface area contributed by atoms with E-state index in [1.807, 2.05) is 0 Å². The summed E-state index contributed by atoms with van der Waals surface area (Å²) in [6.07, 6.45) is -4.07. The molecule has 0 saturated heterocycles. The molecule has 1 unspecified atom stereocenters. The quantitative estimate of drug-likeness (QED) is 0.751. The Morgan fingerprint density at radius 3 is 2.69 bits per heavy atom. The number of aromatic nitrogens is 1. The molecule has 0 bridgehead atoms. The molecule has 1 atom stereocenters. The Labute approximate surface area is 90.8 Å². The van der Waals surface area contributed by atoms with Crippen molar-refractivity contribution in [2.24, 2.45) is 0 Å². The Bertz CT molecular complexity index is 370. The Kier molecular flexibility index (Phi) is 3.74. The number of halogens is 3. The number of alkyl halides is 3. The van der Waals surface area contributed by atoms with E-state index >= 15 is 0 Å². The second kappa shape index (κ2) is 4.69. The number of hydrogen-bond donors (Lipinski definition) is 0. The molecule has 3 nitrogen and oxygen atoms in total. The average Bonchev–Trinajstić information content (AvgIpc) is 2.63. The van der Waals surface area contributed by atoms with Gasteiger partial charge in [-0.2, -0.15) is 13.2 Å². The lowest BCUT2D eigenvalue weighted by atomic mass is 10.3. The molecule has 0 N–H and O–H groups in total. The van der Waals surface area contributed by atoms with Crippen LogP contribution in [-0.4, -0.2) is 23.1 Å². The molecule has 0 radical (unpaired) electrons. The van der Waals surface area contributed by atoms with Crippen LogP contribution in [0.4, 0.5) is 13.2 Å². The molecule has 1 rings (SSSR count). The van der Waals surface area contributed by atoms with Gasteiger partial charge in [0.25, 0.3) is 5.78 Å². The maximum absolute atomic E-state index is 12.2. The summed E-state index contributed by atoms with van der Waals surface area (Å²) in [5.74, 6) is -1.86. The second-order valence-electron chi connectivity index (χ2n) is 3.18. The van der Waals surface area contributed by atoms with Crippen molar-refractivity contribution < 1.29 is 22.7 Å². The van der Waals surface area contributed by atoms with Crippen molar-refractivity contribution in [2.45, 2.75) is 26.3 Å². The van der Waals surface area contributed by atoms with Crippen molar-refractivity contribution in [2.75, 3.05) is 6.61 Å². The van der Waals surface area contributed by atoms with Gasteiger partial charge < -0.3 is 9.30 Å². The highest BCUT2D eigenvalue weighted by molar-refractivity contribution is 5.99. The highest BCUT2D eigenvalue weighted by atomic mass is 19.4. The van der Waals surface area contributed by atoms with Crippen molar-refractivity contribution in [3.63, 3.8) is 0 Å². The third kappa shape index (κ3) is 2.63. The van der Waals surface area contributed by atoms with Crippen LogP contribution in [0.2, 0.25) is 0 Å². The lowest BCUT2D eigenvalue weighted by Gasteiger charge is -2.17. The maximum atomic E-state index is 12.2. The van der Waals surface area contributed by atoms with Gasteiger partial charge in [-0.15, -0.1) is 0 Å². The molecule has 0 spiro atoms. The summed E-state index contributed by atoms with van der Waals surface area (Å²) in [7, 11) is 0.